The summed E-state index contributed by atoms with van der Waals surface area (Å²) in [7, 11) is 0. The molecule has 1 aromatic carbocycles. The van der Waals surface area contributed by atoms with E-state index in [1.165, 1.54) is 47.0 Å². The molecule has 0 spiro atoms. The Morgan fingerprint density at radius 2 is 2.03 bits per heavy atom. The van der Waals surface area contributed by atoms with E-state index in [1.807, 2.05) is 0 Å². The highest BCUT2D eigenvalue weighted by molar-refractivity contribution is 6.06. The van der Waals surface area contributed by atoms with Crippen molar-refractivity contribution in [3.05, 3.63) is 59.1 Å². The van der Waals surface area contributed by atoms with E-state index in [-0.39, 0.29) is 40.7 Å². The summed E-state index contributed by atoms with van der Waals surface area (Å²) in [5, 5.41) is 21.8. The minimum absolute atomic E-state index is 0.0288. The number of carbonyl (C=O) groups excluding carboxylic acids is 2. The van der Waals surface area contributed by atoms with Crippen molar-refractivity contribution < 1.29 is 32.7 Å². The molecule has 38 heavy (non-hydrogen) atoms. The smallest absolute Gasteiger partial charge is 0.321 e. The second-order valence-electron chi connectivity index (χ2n) is 8.61. The van der Waals surface area contributed by atoms with Gasteiger partial charge in [0.15, 0.2) is 28.9 Å². The van der Waals surface area contributed by atoms with E-state index < -0.39 is 35.6 Å². The molecule has 3 aromatic heterocycles. The predicted octanol–water partition coefficient (Wildman–Crippen LogP) is 1.27. The molecule has 1 unspecified atom stereocenters. The molecule has 0 radical (unpaired) electrons. The number of fused-ring (bicyclic) bond motifs is 1. The van der Waals surface area contributed by atoms with Crippen molar-refractivity contribution in [3.63, 3.8) is 0 Å². The molecule has 4 heterocycles. The van der Waals surface area contributed by atoms with Crippen LogP contribution in [0.5, 0.6) is 0 Å². The number of halogens is 2. The Labute approximate surface area is 212 Å². The molecule has 4 aromatic rings. The number of nitrogens with two attached hydrogens (primary N) is 1. The van der Waals surface area contributed by atoms with Gasteiger partial charge in [-0.1, -0.05) is 5.16 Å². The third kappa shape index (κ3) is 4.26. The molecule has 15 heteroatoms. The van der Waals surface area contributed by atoms with E-state index in [2.05, 4.69) is 15.6 Å². The number of nitrogens with zero attached hydrogens (tertiary/aromatic N) is 5. The highest BCUT2D eigenvalue weighted by Crippen LogP contribution is 2.29. The SMILES string of the molecule is C[C@]1(C(O)C(=O)Nc2ccc3c(N)noc3c2)OCCN(c2ccn(-c3ccc(=O)n(C(F)F)c3)n2)C1=O. The Kier molecular flexibility index (Phi) is 6.16. The standard InChI is InChI=1S/C23H21F2N7O6/c1-23(18(34)20(35)27-12-2-4-14-15(10-12)38-29-19(14)26)21(36)30(8-9-37-23)16-6-7-32(28-16)13-3-5-17(33)31(11-13)22(24)25/h2-7,10-11,18,22,34H,8-9H2,1H3,(H2,26,29)(H,27,35)/t18?,23-/m1/s1. The zero-order valence-electron chi connectivity index (χ0n) is 19.7. The number of nitrogens with one attached hydrogen (secondary N) is 1. The number of hydrogen-bond acceptors (Lipinski definition) is 9. The second kappa shape index (κ2) is 9.35. The summed E-state index contributed by atoms with van der Waals surface area (Å²) in [5.41, 5.74) is 3.58. The summed E-state index contributed by atoms with van der Waals surface area (Å²) in [6, 6.07) is 8.31. The quantitative estimate of drug-likeness (QED) is 0.333. The van der Waals surface area contributed by atoms with Crippen molar-refractivity contribution in [2.24, 2.45) is 0 Å². The number of aliphatic hydroxyl groups is 1. The molecular formula is C23H21F2N7O6. The molecule has 0 bridgehead atoms. The Morgan fingerprint density at radius 3 is 2.79 bits per heavy atom. The first-order valence-corrected chi connectivity index (χ1v) is 11.2. The fourth-order valence-electron chi connectivity index (χ4n) is 4.07. The lowest BCUT2D eigenvalue weighted by Gasteiger charge is -2.40. The lowest BCUT2D eigenvalue weighted by Crippen LogP contribution is -2.63. The molecule has 0 saturated carbocycles. The Balaban J connectivity index is 1.35. The third-order valence-electron chi connectivity index (χ3n) is 6.17. The molecule has 1 aliphatic rings. The average Bonchev–Trinajstić information content (AvgIpc) is 3.52. The molecule has 2 amide bonds. The van der Waals surface area contributed by atoms with Crippen LogP contribution in [-0.4, -0.2) is 61.3 Å². The molecule has 1 saturated heterocycles. The van der Waals surface area contributed by atoms with Crippen molar-refractivity contribution in [3.8, 4) is 5.69 Å². The number of amides is 2. The Bertz CT molecular complexity index is 1600. The van der Waals surface area contributed by atoms with E-state index in [9.17, 15) is 28.3 Å². The molecule has 0 aliphatic carbocycles. The lowest BCUT2D eigenvalue weighted by molar-refractivity contribution is -0.170. The molecular weight excluding hydrogens is 508 g/mol. The number of aromatic nitrogens is 4. The van der Waals surface area contributed by atoms with Gasteiger partial charge in [0.05, 0.1) is 24.2 Å². The molecule has 198 valence electrons. The molecule has 13 nitrogen and oxygen atoms in total. The largest absolute Gasteiger partial charge is 0.380 e. The number of nitrogen functional groups attached to an aromatic ring is 1. The Morgan fingerprint density at radius 1 is 1.24 bits per heavy atom. The number of rotatable bonds is 6. The molecule has 2 atom stereocenters. The summed E-state index contributed by atoms with van der Waals surface area (Å²) in [5.74, 6) is -1.34. The van der Waals surface area contributed by atoms with E-state index in [0.29, 0.717) is 11.0 Å². The van der Waals surface area contributed by atoms with Crippen LogP contribution in [0.15, 0.2) is 58.1 Å². The van der Waals surface area contributed by atoms with E-state index >= 15 is 0 Å². The van der Waals surface area contributed by atoms with Gasteiger partial charge in [-0.15, -0.1) is 5.10 Å². The minimum Gasteiger partial charge on any atom is -0.380 e. The van der Waals surface area contributed by atoms with Crippen LogP contribution >= 0.6 is 0 Å². The zero-order valence-corrected chi connectivity index (χ0v) is 19.7. The maximum absolute atomic E-state index is 13.4. The van der Waals surface area contributed by atoms with Gasteiger partial charge < -0.3 is 25.4 Å². The fourth-order valence-corrected chi connectivity index (χ4v) is 4.07. The zero-order chi connectivity index (χ0) is 27.2. The first-order valence-electron chi connectivity index (χ1n) is 11.2. The number of aliphatic hydroxyl groups excluding tert-OH is 1. The van der Waals surface area contributed by atoms with Gasteiger partial charge in [-0.2, -0.15) is 8.78 Å². The molecule has 4 N–H and O–H groups in total. The number of ether oxygens (including phenoxy) is 1. The van der Waals surface area contributed by atoms with E-state index in [1.54, 1.807) is 6.07 Å². The highest BCUT2D eigenvalue weighted by atomic mass is 19.3. The topological polar surface area (TPSA) is 171 Å². The summed E-state index contributed by atoms with van der Waals surface area (Å²) in [6.07, 6.45) is 0.443. The summed E-state index contributed by atoms with van der Waals surface area (Å²) < 4.78 is 38.3. The number of carbonyl (C=O) groups is 2. The second-order valence-corrected chi connectivity index (χ2v) is 8.61. The minimum atomic E-state index is -3.04. The number of alkyl halides is 2. The first-order chi connectivity index (χ1) is 18.1. The van der Waals surface area contributed by atoms with Gasteiger partial charge >= 0.3 is 6.55 Å². The Hall–Kier alpha value is -4.63. The summed E-state index contributed by atoms with van der Waals surface area (Å²) >= 11 is 0. The number of benzene rings is 1. The number of anilines is 3. The van der Waals surface area contributed by atoms with Crippen molar-refractivity contribution in [2.45, 2.75) is 25.2 Å². The molecule has 5 rings (SSSR count). The van der Waals surface area contributed by atoms with Gasteiger partial charge in [0.25, 0.3) is 17.4 Å². The van der Waals surface area contributed by atoms with E-state index in [4.69, 9.17) is 15.0 Å². The molecule has 1 aliphatic heterocycles. The maximum Gasteiger partial charge on any atom is 0.321 e. The van der Waals surface area contributed by atoms with Crippen LogP contribution in [0.25, 0.3) is 16.7 Å². The van der Waals surface area contributed by atoms with Gasteiger partial charge in [-0.25, -0.2) is 4.68 Å². The van der Waals surface area contributed by atoms with Gasteiger partial charge in [-0.05, 0) is 25.1 Å². The highest BCUT2D eigenvalue weighted by Gasteiger charge is 2.51. The third-order valence-corrected chi connectivity index (χ3v) is 6.17. The fraction of sp³-hybridized carbons (Fsp3) is 0.261. The van der Waals surface area contributed by atoms with Crippen LogP contribution in [0.4, 0.5) is 26.1 Å². The van der Waals surface area contributed by atoms with E-state index in [0.717, 1.165) is 12.3 Å². The van der Waals surface area contributed by atoms with Gasteiger partial charge in [0.2, 0.25) is 0 Å². The van der Waals surface area contributed by atoms with Gasteiger partial charge in [0, 0.05) is 36.3 Å². The summed E-state index contributed by atoms with van der Waals surface area (Å²) in [6.45, 7) is -1.73. The van der Waals surface area contributed by atoms with Crippen LogP contribution in [0, 0.1) is 0 Å². The monoisotopic (exact) mass is 529 g/mol. The summed E-state index contributed by atoms with van der Waals surface area (Å²) in [4.78, 5) is 39.1. The van der Waals surface area contributed by atoms with Crippen LogP contribution in [0.2, 0.25) is 0 Å². The van der Waals surface area contributed by atoms with Crippen LogP contribution < -0.4 is 21.5 Å². The van der Waals surface area contributed by atoms with Gasteiger partial charge in [-0.3, -0.25) is 23.9 Å². The number of morpholine rings is 1. The van der Waals surface area contributed by atoms with Crippen LogP contribution in [-0.2, 0) is 14.3 Å². The van der Waals surface area contributed by atoms with Crippen molar-refractivity contribution in [2.75, 3.05) is 29.1 Å². The average molecular weight is 529 g/mol. The van der Waals surface area contributed by atoms with Gasteiger partial charge in [0.1, 0.15) is 0 Å². The maximum atomic E-state index is 13.4. The predicted molar refractivity (Wildman–Crippen MR) is 129 cm³/mol. The normalized spacial score (nSPS) is 18.8. The van der Waals surface area contributed by atoms with Crippen LogP contribution in [0.3, 0.4) is 0 Å². The van der Waals surface area contributed by atoms with Crippen molar-refractivity contribution in [1.29, 1.82) is 0 Å². The van der Waals surface area contributed by atoms with Crippen molar-refractivity contribution >= 4 is 40.1 Å². The number of pyridine rings is 1. The van der Waals surface area contributed by atoms with Crippen LogP contribution in [0.1, 0.15) is 13.5 Å². The lowest BCUT2D eigenvalue weighted by atomic mass is 9.94. The van der Waals surface area contributed by atoms with Crippen molar-refractivity contribution in [1.82, 2.24) is 19.5 Å². The number of hydrogen-bond donors (Lipinski definition) is 3. The molecule has 1 fully saturated rings. The first kappa shape index (κ1) is 25.0.